The second kappa shape index (κ2) is 5.54. The predicted molar refractivity (Wildman–Crippen MR) is 51.6 cm³/mol. The van der Waals surface area contributed by atoms with Gasteiger partial charge in [-0.2, -0.15) is 13.2 Å². The van der Waals surface area contributed by atoms with Crippen LogP contribution in [0.5, 0.6) is 0 Å². The summed E-state index contributed by atoms with van der Waals surface area (Å²) in [6.45, 7) is 4.61. The highest BCUT2D eigenvalue weighted by molar-refractivity contribution is 5.31. The molecule has 0 amide bonds. The molecule has 0 heterocycles. The fourth-order valence-electron chi connectivity index (χ4n) is 0.614. The Morgan fingerprint density at radius 1 is 1.21 bits per heavy atom. The van der Waals surface area contributed by atoms with E-state index >= 15 is 0 Å². The molecule has 0 spiro atoms. The predicted octanol–water partition coefficient (Wildman–Crippen LogP) is 3.85. The van der Waals surface area contributed by atoms with Crippen molar-refractivity contribution in [3.8, 4) is 11.8 Å². The van der Waals surface area contributed by atoms with E-state index in [0.29, 0.717) is 12.0 Å². The average molecular weight is 202 g/mol. The quantitative estimate of drug-likeness (QED) is 0.447. The summed E-state index contributed by atoms with van der Waals surface area (Å²) in [7, 11) is 0. The standard InChI is InChI=1S/C11H13F3/c1-4-5-6-9(2)7-8-10(3)11(12,13)14/h7-8H,4H2,1-3H3/b9-7-,10-8+. The van der Waals surface area contributed by atoms with Gasteiger partial charge in [0.2, 0.25) is 0 Å². The van der Waals surface area contributed by atoms with Crippen molar-refractivity contribution in [2.75, 3.05) is 0 Å². The van der Waals surface area contributed by atoms with Gasteiger partial charge in [0.1, 0.15) is 0 Å². The Bertz CT molecular complexity index is 295. The first-order valence-electron chi connectivity index (χ1n) is 4.29. The molecule has 3 heteroatoms. The number of allylic oxidation sites excluding steroid dienone is 4. The molecule has 0 saturated heterocycles. The first-order chi connectivity index (χ1) is 6.38. The molecule has 0 aromatic heterocycles. The summed E-state index contributed by atoms with van der Waals surface area (Å²) in [6.07, 6.45) is -1.12. The van der Waals surface area contributed by atoms with E-state index in [-0.39, 0.29) is 0 Å². The highest BCUT2D eigenvalue weighted by atomic mass is 19.4. The van der Waals surface area contributed by atoms with Gasteiger partial charge in [0.15, 0.2) is 0 Å². The third-order valence-corrected chi connectivity index (χ3v) is 1.49. The Morgan fingerprint density at radius 2 is 1.79 bits per heavy atom. The number of halogens is 3. The molecule has 0 radical (unpaired) electrons. The molecule has 0 saturated carbocycles. The minimum atomic E-state index is -4.24. The second-order valence-corrected chi connectivity index (χ2v) is 2.85. The smallest absolute Gasteiger partial charge is 0.166 e. The maximum absolute atomic E-state index is 12.0. The van der Waals surface area contributed by atoms with Crippen molar-refractivity contribution < 1.29 is 13.2 Å². The van der Waals surface area contributed by atoms with Gasteiger partial charge >= 0.3 is 6.18 Å². The highest BCUT2D eigenvalue weighted by Gasteiger charge is 2.29. The zero-order valence-corrected chi connectivity index (χ0v) is 8.50. The number of rotatable bonds is 1. The van der Waals surface area contributed by atoms with Crippen LogP contribution in [0.2, 0.25) is 0 Å². The van der Waals surface area contributed by atoms with Crippen LogP contribution in [0.3, 0.4) is 0 Å². The summed E-state index contributed by atoms with van der Waals surface area (Å²) < 4.78 is 36.1. The zero-order chi connectivity index (χ0) is 11.2. The monoisotopic (exact) mass is 202 g/mol. The normalized spacial score (nSPS) is 13.6. The van der Waals surface area contributed by atoms with Crippen molar-refractivity contribution in [3.05, 3.63) is 23.3 Å². The summed E-state index contributed by atoms with van der Waals surface area (Å²) in [6, 6.07) is 0. The van der Waals surface area contributed by atoms with Crippen LogP contribution in [0.1, 0.15) is 27.2 Å². The van der Waals surface area contributed by atoms with Gasteiger partial charge in [0, 0.05) is 12.0 Å². The van der Waals surface area contributed by atoms with E-state index in [9.17, 15) is 13.2 Å². The summed E-state index contributed by atoms with van der Waals surface area (Å²) >= 11 is 0. The Morgan fingerprint density at radius 3 is 2.21 bits per heavy atom. The summed E-state index contributed by atoms with van der Waals surface area (Å²) in [5, 5.41) is 0. The molecule has 14 heavy (non-hydrogen) atoms. The Labute approximate surface area is 82.5 Å². The maximum atomic E-state index is 12.0. The number of hydrogen-bond acceptors (Lipinski definition) is 0. The third kappa shape index (κ3) is 5.47. The molecule has 0 bridgehead atoms. The molecule has 0 nitrogen and oxygen atoms in total. The van der Waals surface area contributed by atoms with E-state index < -0.39 is 11.7 Å². The van der Waals surface area contributed by atoms with Crippen LogP contribution in [-0.4, -0.2) is 6.18 Å². The molecule has 0 aliphatic heterocycles. The van der Waals surface area contributed by atoms with Crippen molar-refractivity contribution >= 4 is 0 Å². The molecule has 0 aromatic carbocycles. The third-order valence-electron chi connectivity index (χ3n) is 1.49. The van der Waals surface area contributed by atoms with Gasteiger partial charge in [-0.15, -0.1) is 0 Å². The van der Waals surface area contributed by atoms with Gasteiger partial charge in [0.25, 0.3) is 0 Å². The SMILES string of the molecule is CCC#C/C(C)=C\C=C(/C)C(F)(F)F. The Hall–Kier alpha value is -1.17. The van der Waals surface area contributed by atoms with Crippen molar-refractivity contribution in [3.63, 3.8) is 0 Å². The largest absolute Gasteiger partial charge is 0.412 e. The molecule has 0 aliphatic carbocycles. The molecular formula is C11H13F3. The van der Waals surface area contributed by atoms with Crippen LogP contribution in [0.25, 0.3) is 0 Å². The number of hydrogen-bond donors (Lipinski definition) is 0. The lowest BCUT2D eigenvalue weighted by molar-refractivity contribution is -0.0912. The first kappa shape index (κ1) is 12.8. The maximum Gasteiger partial charge on any atom is 0.412 e. The van der Waals surface area contributed by atoms with Gasteiger partial charge < -0.3 is 0 Å². The van der Waals surface area contributed by atoms with Gasteiger partial charge in [-0.3, -0.25) is 0 Å². The highest BCUT2D eigenvalue weighted by Crippen LogP contribution is 2.24. The van der Waals surface area contributed by atoms with E-state index in [4.69, 9.17) is 0 Å². The Balaban J connectivity index is 4.55. The second-order valence-electron chi connectivity index (χ2n) is 2.85. The molecule has 0 fully saturated rings. The van der Waals surface area contributed by atoms with Crippen molar-refractivity contribution in [2.24, 2.45) is 0 Å². The minimum Gasteiger partial charge on any atom is -0.166 e. The Kier molecular flexibility index (Phi) is 5.07. The van der Waals surface area contributed by atoms with Crippen LogP contribution in [0, 0.1) is 11.8 Å². The molecule has 0 N–H and O–H groups in total. The topological polar surface area (TPSA) is 0 Å². The van der Waals surface area contributed by atoms with Crippen molar-refractivity contribution in [1.29, 1.82) is 0 Å². The van der Waals surface area contributed by atoms with Crippen LogP contribution < -0.4 is 0 Å². The minimum absolute atomic E-state index is 0.616. The van der Waals surface area contributed by atoms with E-state index in [0.717, 1.165) is 13.0 Å². The molecule has 0 unspecified atom stereocenters. The first-order valence-corrected chi connectivity index (χ1v) is 4.29. The van der Waals surface area contributed by atoms with E-state index in [1.807, 2.05) is 6.92 Å². The summed E-state index contributed by atoms with van der Waals surface area (Å²) in [4.78, 5) is 0. The molecule has 0 aliphatic rings. The van der Waals surface area contributed by atoms with Gasteiger partial charge in [-0.05, 0) is 19.4 Å². The lowest BCUT2D eigenvalue weighted by Crippen LogP contribution is -2.08. The fourth-order valence-corrected chi connectivity index (χ4v) is 0.614. The van der Waals surface area contributed by atoms with Crippen molar-refractivity contribution in [1.82, 2.24) is 0 Å². The van der Waals surface area contributed by atoms with E-state index in [1.165, 1.54) is 6.08 Å². The molecule has 0 rings (SSSR count). The van der Waals surface area contributed by atoms with Crippen LogP contribution in [0.15, 0.2) is 23.3 Å². The number of alkyl halides is 3. The van der Waals surface area contributed by atoms with Gasteiger partial charge in [0.05, 0.1) is 0 Å². The molecule has 0 aromatic rings. The lowest BCUT2D eigenvalue weighted by Gasteiger charge is -2.04. The van der Waals surface area contributed by atoms with Crippen LogP contribution in [-0.2, 0) is 0 Å². The molecular weight excluding hydrogens is 189 g/mol. The van der Waals surface area contributed by atoms with Gasteiger partial charge in [-0.1, -0.05) is 30.9 Å². The molecule has 78 valence electrons. The molecule has 0 atom stereocenters. The van der Waals surface area contributed by atoms with Crippen molar-refractivity contribution in [2.45, 2.75) is 33.4 Å². The van der Waals surface area contributed by atoms with E-state index in [1.54, 1.807) is 6.92 Å². The average Bonchev–Trinajstić information content (AvgIpc) is 2.09. The summed E-state index contributed by atoms with van der Waals surface area (Å²) in [5.41, 5.74) is 0.0191. The zero-order valence-electron chi connectivity index (χ0n) is 8.50. The van der Waals surface area contributed by atoms with E-state index in [2.05, 4.69) is 11.8 Å². The van der Waals surface area contributed by atoms with Gasteiger partial charge in [-0.25, -0.2) is 0 Å². The summed E-state index contributed by atoms with van der Waals surface area (Å²) in [5.74, 6) is 5.52. The lowest BCUT2D eigenvalue weighted by atomic mass is 10.2. The van der Waals surface area contributed by atoms with Crippen LogP contribution >= 0.6 is 0 Å². The van der Waals surface area contributed by atoms with Crippen LogP contribution in [0.4, 0.5) is 13.2 Å². The fraction of sp³-hybridized carbons (Fsp3) is 0.455.